The predicted octanol–water partition coefficient (Wildman–Crippen LogP) is 2.81. The van der Waals surface area contributed by atoms with E-state index in [0.29, 0.717) is 12.0 Å². The lowest BCUT2D eigenvalue weighted by molar-refractivity contribution is 0.484. The highest BCUT2D eigenvalue weighted by Crippen LogP contribution is 2.26. The molecule has 1 aliphatic rings. The quantitative estimate of drug-likeness (QED) is 0.865. The Labute approximate surface area is 105 Å². The molecule has 1 aromatic rings. The molecule has 2 heteroatoms. The predicted molar refractivity (Wildman–Crippen MR) is 74.4 cm³/mol. The molecule has 2 N–H and O–H groups in total. The van der Waals surface area contributed by atoms with Crippen LogP contribution in [0.4, 0.5) is 5.69 Å². The van der Waals surface area contributed by atoms with Crippen LogP contribution in [0.2, 0.25) is 0 Å². The second kappa shape index (κ2) is 5.54. The Bertz CT molecular complexity index is 360. The van der Waals surface area contributed by atoms with Gasteiger partial charge in [0.2, 0.25) is 0 Å². The number of benzene rings is 1. The van der Waals surface area contributed by atoms with Gasteiger partial charge < -0.3 is 10.6 Å². The lowest BCUT2D eigenvalue weighted by Crippen LogP contribution is -2.40. The van der Waals surface area contributed by atoms with Crippen molar-refractivity contribution in [3.8, 4) is 0 Å². The maximum Gasteiger partial charge on any atom is 0.0399 e. The van der Waals surface area contributed by atoms with Crippen LogP contribution in [0.5, 0.6) is 0 Å². The lowest BCUT2D eigenvalue weighted by atomic mass is 9.99. The normalized spacial score (nSPS) is 17.1. The van der Waals surface area contributed by atoms with Crippen LogP contribution < -0.4 is 10.6 Å². The van der Waals surface area contributed by atoms with E-state index in [2.05, 4.69) is 43.0 Å². The summed E-state index contributed by atoms with van der Waals surface area (Å²) >= 11 is 0. The molecule has 0 amide bonds. The summed E-state index contributed by atoms with van der Waals surface area (Å²) in [6.07, 6.45) is 3.58. The van der Waals surface area contributed by atoms with Gasteiger partial charge in [-0.2, -0.15) is 0 Å². The van der Waals surface area contributed by atoms with Crippen LogP contribution >= 0.6 is 0 Å². The fraction of sp³-hybridized carbons (Fsp3) is 0.600. The first kappa shape index (κ1) is 12.4. The van der Waals surface area contributed by atoms with Gasteiger partial charge in [-0.15, -0.1) is 0 Å². The Hall–Kier alpha value is -1.02. The van der Waals surface area contributed by atoms with Crippen molar-refractivity contribution >= 4 is 5.69 Å². The SMILES string of the molecule is CC(C)C[C@H](N)CN1CCCc2ccccc21. The van der Waals surface area contributed by atoms with Crippen molar-refractivity contribution in [3.05, 3.63) is 29.8 Å². The standard InChI is InChI=1S/C15H24N2/c1-12(2)10-14(16)11-17-9-5-7-13-6-3-4-8-15(13)17/h3-4,6,8,12,14H,5,7,9-11,16H2,1-2H3/t14-/m0/s1. The van der Waals surface area contributed by atoms with Crippen LogP contribution in [-0.4, -0.2) is 19.1 Å². The molecule has 1 aliphatic heterocycles. The summed E-state index contributed by atoms with van der Waals surface area (Å²) < 4.78 is 0. The molecule has 94 valence electrons. The minimum Gasteiger partial charge on any atom is -0.370 e. The van der Waals surface area contributed by atoms with Crippen LogP contribution in [0.25, 0.3) is 0 Å². The van der Waals surface area contributed by atoms with Gasteiger partial charge in [0.15, 0.2) is 0 Å². The monoisotopic (exact) mass is 232 g/mol. The molecule has 1 atom stereocenters. The van der Waals surface area contributed by atoms with E-state index in [0.717, 1.165) is 19.5 Å². The molecule has 0 saturated heterocycles. The van der Waals surface area contributed by atoms with Crippen molar-refractivity contribution < 1.29 is 0 Å². The number of fused-ring (bicyclic) bond motifs is 1. The lowest BCUT2D eigenvalue weighted by Gasteiger charge is -2.33. The van der Waals surface area contributed by atoms with E-state index < -0.39 is 0 Å². The molecule has 0 radical (unpaired) electrons. The Balaban J connectivity index is 2.03. The summed E-state index contributed by atoms with van der Waals surface area (Å²) in [7, 11) is 0. The molecule has 1 heterocycles. The van der Waals surface area contributed by atoms with E-state index >= 15 is 0 Å². The molecule has 0 saturated carbocycles. The average molecular weight is 232 g/mol. The van der Waals surface area contributed by atoms with Crippen LogP contribution in [0, 0.1) is 5.92 Å². The average Bonchev–Trinajstić information content (AvgIpc) is 2.28. The number of anilines is 1. The van der Waals surface area contributed by atoms with E-state index in [1.54, 1.807) is 0 Å². The first-order chi connectivity index (χ1) is 8.16. The van der Waals surface area contributed by atoms with Gasteiger partial charge in [-0.05, 0) is 36.8 Å². The van der Waals surface area contributed by atoms with Crippen LogP contribution in [0.3, 0.4) is 0 Å². The van der Waals surface area contributed by atoms with E-state index in [-0.39, 0.29) is 0 Å². The van der Waals surface area contributed by atoms with E-state index in [4.69, 9.17) is 5.73 Å². The maximum atomic E-state index is 6.22. The Morgan fingerprint density at radius 2 is 2.06 bits per heavy atom. The van der Waals surface area contributed by atoms with Crippen molar-refractivity contribution in [2.24, 2.45) is 11.7 Å². The van der Waals surface area contributed by atoms with E-state index in [9.17, 15) is 0 Å². The number of hydrogen-bond donors (Lipinski definition) is 1. The fourth-order valence-corrected chi connectivity index (χ4v) is 2.76. The molecular weight excluding hydrogens is 208 g/mol. The molecule has 0 spiro atoms. The number of nitrogens with two attached hydrogens (primary N) is 1. The largest absolute Gasteiger partial charge is 0.370 e. The molecule has 0 unspecified atom stereocenters. The van der Waals surface area contributed by atoms with Crippen molar-refractivity contribution in [2.75, 3.05) is 18.0 Å². The molecule has 0 bridgehead atoms. The van der Waals surface area contributed by atoms with Crippen LogP contribution in [0.15, 0.2) is 24.3 Å². The zero-order valence-corrected chi connectivity index (χ0v) is 11.0. The number of aryl methyl sites for hydroxylation is 1. The van der Waals surface area contributed by atoms with E-state index in [1.807, 2.05) is 0 Å². The van der Waals surface area contributed by atoms with Gasteiger partial charge in [-0.1, -0.05) is 32.0 Å². The molecule has 2 nitrogen and oxygen atoms in total. The van der Waals surface area contributed by atoms with Gasteiger partial charge in [-0.25, -0.2) is 0 Å². The molecule has 0 aliphatic carbocycles. The number of hydrogen-bond acceptors (Lipinski definition) is 2. The van der Waals surface area contributed by atoms with Crippen molar-refractivity contribution in [1.82, 2.24) is 0 Å². The van der Waals surface area contributed by atoms with Crippen molar-refractivity contribution in [1.29, 1.82) is 0 Å². The second-order valence-electron chi connectivity index (χ2n) is 5.57. The Morgan fingerprint density at radius 1 is 1.29 bits per heavy atom. The maximum absolute atomic E-state index is 6.22. The minimum absolute atomic E-state index is 0.293. The highest BCUT2D eigenvalue weighted by molar-refractivity contribution is 5.55. The summed E-state index contributed by atoms with van der Waals surface area (Å²) in [5.74, 6) is 0.685. The molecule has 17 heavy (non-hydrogen) atoms. The molecular formula is C15H24N2. The number of para-hydroxylation sites is 1. The van der Waals surface area contributed by atoms with Gasteiger partial charge in [-0.3, -0.25) is 0 Å². The van der Waals surface area contributed by atoms with Gasteiger partial charge in [0.1, 0.15) is 0 Å². The molecule has 2 rings (SSSR count). The van der Waals surface area contributed by atoms with Crippen LogP contribution in [-0.2, 0) is 6.42 Å². The third-order valence-corrected chi connectivity index (χ3v) is 3.44. The smallest absolute Gasteiger partial charge is 0.0399 e. The highest BCUT2D eigenvalue weighted by Gasteiger charge is 2.18. The fourth-order valence-electron chi connectivity index (χ4n) is 2.76. The number of rotatable bonds is 4. The molecule has 0 aromatic heterocycles. The van der Waals surface area contributed by atoms with Crippen molar-refractivity contribution in [2.45, 2.75) is 39.2 Å². The topological polar surface area (TPSA) is 29.3 Å². The van der Waals surface area contributed by atoms with Crippen LogP contribution in [0.1, 0.15) is 32.3 Å². The third-order valence-electron chi connectivity index (χ3n) is 3.44. The highest BCUT2D eigenvalue weighted by atomic mass is 15.1. The zero-order valence-electron chi connectivity index (χ0n) is 11.0. The summed E-state index contributed by atoms with van der Waals surface area (Å²) in [4.78, 5) is 2.46. The van der Waals surface area contributed by atoms with Gasteiger partial charge in [0, 0.05) is 24.8 Å². The number of nitrogens with zero attached hydrogens (tertiary/aromatic N) is 1. The summed E-state index contributed by atoms with van der Waals surface area (Å²) in [6.45, 7) is 6.63. The van der Waals surface area contributed by atoms with Gasteiger partial charge in [0.05, 0.1) is 0 Å². The minimum atomic E-state index is 0.293. The van der Waals surface area contributed by atoms with E-state index in [1.165, 1.54) is 24.1 Å². The van der Waals surface area contributed by atoms with Gasteiger partial charge >= 0.3 is 0 Å². The van der Waals surface area contributed by atoms with Crippen molar-refractivity contribution in [3.63, 3.8) is 0 Å². The summed E-state index contributed by atoms with van der Waals surface area (Å²) in [5.41, 5.74) is 9.10. The summed E-state index contributed by atoms with van der Waals surface area (Å²) in [6, 6.07) is 9.04. The third kappa shape index (κ3) is 3.22. The Kier molecular flexibility index (Phi) is 4.06. The summed E-state index contributed by atoms with van der Waals surface area (Å²) in [5, 5.41) is 0. The van der Waals surface area contributed by atoms with Gasteiger partial charge in [0.25, 0.3) is 0 Å². The Morgan fingerprint density at radius 3 is 2.82 bits per heavy atom. The zero-order chi connectivity index (χ0) is 12.3. The second-order valence-corrected chi connectivity index (χ2v) is 5.57. The first-order valence-electron chi connectivity index (χ1n) is 6.75. The molecule has 1 aromatic carbocycles. The first-order valence-corrected chi connectivity index (χ1v) is 6.75. The molecule has 0 fully saturated rings.